The van der Waals surface area contributed by atoms with Crippen LogP contribution in [0.1, 0.15) is 47.5 Å². The highest BCUT2D eigenvalue weighted by Crippen LogP contribution is 2.38. The lowest BCUT2D eigenvalue weighted by Gasteiger charge is -2.40. The van der Waals surface area contributed by atoms with Gasteiger partial charge < -0.3 is 24.1 Å². The Morgan fingerprint density at radius 2 is 1.65 bits per heavy atom. The van der Waals surface area contributed by atoms with Gasteiger partial charge in [-0.15, -0.1) is 0 Å². The monoisotopic (exact) mass is 350 g/mol. The number of aliphatic hydroxyl groups excluding tert-OH is 2. The lowest BCUT2D eigenvalue weighted by Crippen LogP contribution is -2.45. The summed E-state index contributed by atoms with van der Waals surface area (Å²) in [6, 6.07) is 0. The molecule has 0 saturated heterocycles. The molecule has 0 aromatic rings. The van der Waals surface area contributed by atoms with Crippen molar-refractivity contribution in [3.63, 3.8) is 0 Å². The molecular formula is C17H38O5Si. The van der Waals surface area contributed by atoms with Crippen molar-refractivity contribution in [2.75, 3.05) is 20.5 Å². The van der Waals surface area contributed by atoms with Gasteiger partial charge in [-0.25, -0.2) is 0 Å². The van der Waals surface area contributed by atoms with Crippen LogP contribution in [0.3, 0.4) is 0 Å². The third kappa shape index (κ3) is 8.61. The Morgan fingerprint density at radius 1 is 1.09 bits per heavy atom. The minimum atomic E-state index is -1.94. The van der Waals surface area contributed by atoms with Crippen molar-refractivity contribution in [3.8, 4) is 0 Å². The van der Waals surface area contributed by atoms with Gasteiger partial charge in [-0.1, -0.05) is 27.7 Å². The first-order chi connectivity index (χ1) is 10.4. The number of aliphatic hydroxyl groups is 2. The van der Waals surface area contributed by atoms with Crippen molar-refractivity contribution in [1.82, 2.24) is 0 Å². The quantitative estimate of drug-likeness (QED) is 0.442. The van der Waals surface area contributed by atoms with E-state index >= 15 is 0 Å². The molecule has 0 unspecified atom stereocenters. The van der Waals surface area contributed by atoms with Crippen molar-refractivity contribution in [1.29, 1.82) is 0 Å². The molecule has 0 fully saturated rings. The fourth-order valence-electron chi connectivity index (χ4n) is 2.03. The van der Waals surface area contributed by atoms with Gasteiger partial charge in [0.2, 0.25) is 0 Å². The predicted octanol–water partition coefficient (Wildman–Crippen LogP) is 3.16. The standard InChI is InChI=1S/C17H38O5Si/c1-13(11-18)16(19)10-15(9-14(2)21-12-20-6)22-23(7,8)17(3,4)5/h13-16,18-19H,9-12H2,1-8H3/t13-,14-,15-,16+/m1/s1. The number of rotatable bonds is 11. The van der Waals surface area contributed by atoms with Crippen LogP contribution in [0.15, 0.2) is 0 Å². The molecule has 0 spiro atoms. The van der Waals surface area contributed by atoms with Crippen LogP contribution in [0.2, 0.25) is 18.1 Å². The Labute approximate surface area is 143 Å². The van der Waals surface area contributed by atoms with Gasteiger partial charge >= 0.3 is 0 Å². The van der Waals surface area contributed by atoms with Gasteiger partial charge in [0.15, 0.2) is 8.32 Å². The fraction of sp³-hybridized carbons (Fsp3) is 1.00. The van der Waals surface area contributed by atoms with Crippen molar-refractivity contribution in [2.24, 2.45) is 5.92 Å². The van der Waals surface area contributed by atoms with Crippen LogP contribution in [-0.2, 0) is 13.9 Å². The van der Waals surface area contributed by atoms with Gasteiger partial charge in [0.05, 0.1) is 12.2 Å². The Hall–Kier alpha value is 0.0169. The Bertz CT molecular complexity index is 317. The van der Waals surface area contributed by atoms with Gasteiger partial charge in [0.25, 0.3) is 0 Å². The molecule has 6 heteroatoms. The minimum Gasteiger partial charge on any atom is -0.414 e. The second kappa shape index (κ2) is 10.1. The minimum absolute atomic E-state index is 0.0126. The van der Waals surface area contributed by atoms with E-state index < -0.39 is 14.4 Å². The van der Waals surface area contributed by atoms with E-state index in [0.29, 0.717) is 12.8 Å². The van der Waals surface area contributed by atoms with Crippen LogP contribution < -0.4 is 0 Å². The second-order valence-electron chi connectivity index (χ2n) is 8.08. The number of methoxy groups -OCH3 is 1. The molecule has 4 atom stereocenters. The van der Waals surface area contributed by atoms with Gasteiger partial charge in [0.1, 0.15) is 6.79 Å². The summed E-state index contributed by atoms with van der Waals surface area (Å²) in [5, 5.41) is 19.6. The SMILES string of the molecule is COCO[C@H](C)C[C@H](C[C@H](O)[C@H](C)CO)O[Si](C)(C)C(C)(C)C. The van der Waals surface area contributed by atoms with Gasteiger partial charge in [-0.05, 0) is 37.9 Å². The largest absolute Gasteiger partial charge is 0.414 e. The van der Waals surface area contributed by atoms with E-state index in [4.69, 9.17) is 13.9 Å². The van der Waals surface area contributed by atoms with Crippen LogP contribution in [0, 0.1) is 5.92 Å². The average Bonchev–Trinajstić information content (AvgIpc) is 2.42. The molecular weight excluding hydrogens is 312 g/mol. The Kier molecular flexibility index (Phi) is 10.1. The molecule has 23 heavy (non-hydrogen) atoms. The van der Waals surface area contributed by atoms with Crippen LogP contribution >= 0.6 is 0 Å². The van der Waals surface area contributed by atoms with E-state index in [2.05, 4.69) is 33.9 Å². The van der Waals surface area contributed by atoms with Crippen molar-refractivity contribution < 1.29 is 24.1 Å². The van der Waals surface area contributed by atoms with E-state index in [1.165, 1.54) is 0 Å². The maximum absolute atomic E-state index is 10.3. The van der Waals surface area contributed by atoms with Crippen molar-refractivity contribution in [2.45, 2.75) is 83.9 Å². The molecule has 0 radical (unpaired) electrons. The molecule has 0 aliphatic carbocycles. The maximum Gasteiger partial charge on any atom is 0.192 e. The molecule has 5 nitrogen and oxygen atoms in total. The van der Waals surface area contributed by atoms with E-state index in [0.717, 1.165) is 0 Å². The number of hydrogen-bond donors (Lipinski definition) is 2. The van der Waals surface area contributed by atoms with E-state index in [9.17, 15) is 10.2 Å². The fourth-order valence-corrected chi connectivity index (χ4v) is 3.41. The van der Waals surface area contributed by atoms with Crippen LogP contribution in [-0.4, -0.2) is 57.4 Å². The van der Waals surface area contributed by atoms with E-state index in [1.54, 1.807) is 7.11 Å². The molecule has 0 aromatic carbocycles. The maximum atomic E-state index is 10.3. The molecule has 0 aliphatic heterocycles. The molecule has 0 heterocycles. The lowest BCUT2D eigenvalue weighted by molar-refractivity contribution is -0.0801. The average molecular weight is 351 g/mol. The van der Waals surface area contributed by atoms with Crippen LogP contribution in [0.25, 0.3) is 0 Å². The van der Waals surface area contributed by atoms with Gasteiger partial charge in [-0.2, -0.15) is 0 Å². The second-order valence-corrected chi connectivity index (χ2v) is 12.8. The third-order valence-corrected chi connectivity index (χ3v) is 9.32. The molecule has 0 rings (SSSR count). The molecule has 0 amide bonds. The zero-order chi connectivity index (χ0) is 18.3. The summed E-state index contributed by atoms with van der Waals surface area (Å²) in [7, 11) is -0.338. The van der Waals surface area contributed by atoms with Crippen molar-refractivity contribution >= 4 is 8.32 Å². The normalized spacial score (nSPS) is 18.5. The van der Waals surface area contributed by atoms with E-state index in [-0.39, 0.29) is 36.6 Å². The summed E-state index contributed by atoms with van der Waals surface area (Å²) in [5.74, 6) is -0.157. The first kappa shape index (κ1) is 23.0. The molecule has 0 aromatic heterocycles. The Morgan fingerprint density at radius 3 is 2.09 bits per heavy atom. The first-order valence-electron chi connectivity index (χ1n) is 8.51. The highest BCUT2D eigenvalue weighted by molar-refractivity contribution is 6.74. The first-order valence-corrected chi connectivity index (χ1v) is 11.4. The van der Waals surface area contributed by atoms with Crippen LogP contribution in [0.4, 0.5) is 0 Å². The number of ether oxygens (including phenoxy) is 2. The summed E-state index contributed by atoms with van der Waals surface area (Å²) in [4.78, 5) is 0. The molecule has 2 N–H and O–H groups in total. The highest BCUT2D eigenvalue weighted by Gasteiger charge is 2.40. The summed E-state index contributed by atoms with van der Waals surface area (Å²) in [6.07, 6.45) is 0.525. The molecule has 0 aliphatic rings. The van der Waals surface area contributed by atoms with Crippen LogP contribution in [0.5, 0.6) is 0 Å². The van der Waals surface area contributed by atoms with Crippen molar-refractivity contribution in [3.05, 3.63) is 0 Å². The molecule has 0 bridgehead atoms. The summed E-state index contributed by atoms with van der Waals surface area (Å²) in [5.41, 5.74) is 0. The summed E-state index contributed by atoms with van der Waals surface area (Å²) < 4.78 is 17.0. The predicted molar refractivity (Wildman–Crippen MR) is 96.0 cm³/mol. The molecule has 0 saturated carbocycles. The zero-order valence-corrected chi connectivity index (χ0v) is 17.3. The highest BCUT2D eigenvalue weighted by atomic mass is 28.4. The lowest BCUT2D eigenvalue weighted by atomic mass is 9.97. The Balaban J connectivity index is 4.92. The summed E-state index contributed by atoms with van der Waals surface area (Å²) >= 11 is 0. The third-order valence-electron chi connectivity index (χ3n) is 4.78. The zero-order valence-electron chi connectivity index (χ0n) is 16.3. The topological polar surface area (TPSA) is 68.2 Å². The van der Waals surface area contributed by atoms with Gasteiger partial charge in [0, 0.05) is 25.7 Å². The number of hydrogen-bond acceptors (Lipinski definition) is 5. The van der Waals surface area contributed by atoms with E-state index in [1.807, 2.05) is 13.8 Å². The summed E-state index contributed by atoms with van der Waals surface area (Å²) in [6.45, 7) is 15.1. The molecule has 140 valence electrons. The smallest absolute Gasteiger partial charge is 0.192 e. The van der Waals surface area contributed by atoms with Gasteiger partial charge in [-0.3, -0.25) is 0 Å².